The third-order valence-corrected chi connectivity index (χ3v) is 3.19. The molecule has 24 heavy (non-hydrogen) atoms. The van der Waals surface area contributed by atoms with Crippen molar-refractivity contribution in [3.05, 3.63) is 65.2 Å². The van der Waals surface area contributed by atoms with Gasteiger partial charge in [-0.1, -0.05) is 12.1 Å². The molecule has 0 saturated carbocycles. The highest BCUT2D eigenvalue weighted by molar-refractivity contribution is 5.95. The Morgan fingerprint density at radius 1 is 1.12 bits per heavy atom. The van der Waals surface area contributed by atoms with E-state index in [1.807, 2.05) is 0 Å². The minimum Gasteiger partial charge on any atom is -0.386 e. The molecule has 0 spiro atoms. The normalized spacial score (nSPS) is 11.6. The maximum atomic E-state index is 13.5. The standard InChI is InChI=1S/C16H15F2N3O3/c17-11-5-2-6-12(18)14(11)13(22)8-20-16(24)21-10-4-1-3-9(7-10)15(19)23/h1-7,13,22H,8H2,(H2,19,23)(H2,20,21,24). The first-order valence-corrected chi connectivity index (χ1v) is 6.95. The van der Waals surface area contributed by atoms with Crippen molar-refractivity contribution >= 4 is 17.6 Å². The highest BCUT2D eigenvalue weighted by Crippen LogP contribution is 2.20. The molecule has 0 bridgehead atoms. The zero-order valence-corrected chi connectivity index (χ0v) is 12.4. The average Bonchev–Trinajstić information content (AvgIpc) is 2.53. The van der Waals surface area contributed by atoms with Gasteiger partial charge in [0.25, 0.3) is 0 Å². The number of anilines is 1. The molecule has 0 aliphatic heterocycles. The third kappa shape index (κ3) is 4.26. The summed E-state index contributed by atoms with van der Waals surface area (Å²) in [6.07, 6.45) is -1.55. The van der Waals surface area contributed by atoms with Crippen LogP contribution in [0.15, 0.2) is 42.5 Å². The van der Waals surface area contributed by atoms with E-state index in [1.54, 1.807) is 0 Å². The van der Waals surface area contributed by atoms with E-state index in [4.69, 9.17) is 5.73 Å². The molecule has 0 aliphatic carbocycles. The van der Waals surface area contributed by atoms with Crippen LogP contribution in [-0.4, -0.2) is 23.6 Å². The predicted octanol–water partition coefficient (Wildman–Crippen LogP) is 1.92. The molecule has 2 aromatic rings. The maximum absolute atomic E-state index is 13.5. The molecule has 0 saturated heterocycles. The van der Waals surface area contributed by atoms with Crippen molar-refractivity contribution in [2.24, 2.45) is 5.73 Å². The van der Waals surface area contributed by atoms with Gasteiger partial charge in [0.1, 0.15) is 17.7 Å². The Balaban J connectivity index is 1.96. The Hall–Kier alpha value is -3.00. The van der Waals surface area contributed by atoms with Crippen LogP contribution in [0.2, 0.25) is 0 Å². The molecule has 0 aromatic heterocycles. The fourth-order valence-electron chi connectivity index (χ4n) is 2.05. The summed E-state index contributed by atoms with van der Waals surface area (Å²) in [7, 11) is 0. The van der Waals surface area contributed by atoms with E-state index in [-0.39, 0.29) is 5.56 Å². The van der Waals surface area contributed by atoms with E-state index in [2.05, 4.69) is 10.6 Å². The van der Waals surface area contributed by atoms with Crippen LogP contribution in [-0.2, 0) is 0 Å². The van der Waals surface area contributed by atoms with Crippen LogP contribution in [0.25, 0.3) is 0 Å². The van der Waals surface area contributed by atoms with Crippen LogP contribution in [0.4, 0.5) is 19.3 Å². The largest absolute Gasteiger partial charge is 0.386 e. The van der Waals surface area contributed by atoms with Crippen LogP contribution in [0.3, 0.4) is 0 Å². The van der Waals surface area contributed by atoms with Gasteiger partial charge in [-0.25, -0.2) is 13.6 Å². The Bertz CT molecular complexity index is 748. The monoisotopic (exact) mass is 335 g/mol. The lowest BCUT2D eigenvalue weighted by Gasteiger charge is -2.14. The molecular formula is C16H15F2N3O3. The lowest BCUT2D eigenvalue weighted by atomic mass is 10.1. The number of carbonyl (C=O) groups is 2. The molecule has 0 fully saturated rings. The lowest BCUT2D eigenvalue weighted by Crippen LogP contribution is -2.33. The minimum absolute atomic E-state index is 0.210. The van der Waals surface area contributed by atoms with Gasteiger partial charge < -0.3 is 21.5 Å². The number of amides is 3. The Labute approximate surface area is 136 Å². The smallest absolute Gasteiger partial charge is 0.319 e. The fourth-order valence-corrected chi connectivity index (χ4v) is 2.05. The summed E-state index contributed by atoms with van der Waals surface area (Å²) in [4.78, 5) is 22.8. The number of benzene rings is 2. The van der Waals surface area contributed by atoms with Crippen molar-refractivity contribution in [3.63, 3.8) is 0 Å². The van der Waals surface area contributed by atoms with E-state index in [0.717, 1.165) is 12.1 Å². The van der Waals surface area contributed by atoms with Gasteiger partial charge in [-0.3, -0.25) is 4.79 Å². The highest BCUT2D eigenvalue weighted by Gasteiger charge is 2.18. The zero-order chi connectivity index (χ0) is 17.7. The van der Waals surface area contributed by atoms with E-state index >= 15 is 0 Å². The number of nitrogens with two attached hydrogens (primary N) is 1. The van der Waals surface area contributed by atoms with E-state index in [9.17, 15) is 23.5 Å². The maximum Gasteiger partial charge on any atom is 0.319 e. The lowest BCUT2D eigenvalue weighted by molar-refractivity contribution is 0.1000. The Morgan fingerprint density at radius 2 is 1.75 bits per heavy atom. The number of nitrogens with one attached hydrogen (secondary N) is 2. The number of rotatable bonds is 5. The first-order valence-electron chi connectivity index (χ1n) is 6.95. The van der Waals surface area contributed by atoms with Crippen LogP contribution in [0, 0.1) is 11.6 Å². The first-order chi connectivity index (χ1) is 11.4. The van der Waals surface area contributed by atoms with Crippen molar-refractivity contribution in [1.82, 2.24) is 5.32 Å². The molecule has 0 heterocycles. The molecular weight excluding hydrogens is 320 g/mol. The van der Waals surface area contributed by atoms with Gasteiger partial charge in [0, 0.05) is 17.8 Å². The molecule has 1 atom stereocenters. The number of hydrogen-bond acceptors (Lipinski definition) is 3. The van der Waals surface area contributed by atoms with Gasteiger partial charge in [-0.15, -0.1) is 0 Å². The second kappa shape index (κ2) is 7.51. The Kier molecular flexibility index (Phi) is 5.43. The fraction of sp³-hybridized carbons (Fsp3) is 0.125. The molecule has 8 heteroatoms. The number of carbonyl (C=O) groups excluding carboxylic acids is 2. The van der Waals surface area contributed by atoms with Gasteiger partial charge in [0.15, 0.2) is 0 Å². The van der Waals surface area contributed by atoms with Crippen LogP contribution < -0.4 is 16.4 Å². The van der Waals surface area contributed by atoms with Crippen LogP contribution in [0.5, 0.6) is 0 Å². The number of urea groups is 1. The molecule has 126 valence electrons. The average molecular weight is 335 g/mol. The summed E-state index contributed by atoms with van der Waals surface area (Å²) in [5, 5.41) is 14.5. The van der Waals surface area contributed by atoms with Gasteiger partial charge in [0.2, 0.25) is 5.91 Å². The quantitative estimate of drug-likeness (QED) is 0.671. The number of hydrogen-bond donors (Lipinski definition) is 4. The van der Waals surface area contributed by atoms with Crippen molar-refractivity contribution in [2.45, 2.75) is 6.10 Å². The molecule has 2 aromatic carbocycles. The van der Waals surface area contributed by atoms with Gasteiger partial charge in [0.05, 0.1) is 5.56 Å². The van der Waals surface area contributed by atoms with E-state index < -0.39 is 41.8 Å². The zero-order valence-electron chi connectivity index (χ0n) is 12.4. The summed E-state index contributed by atoms with van der Waals surface area (Å²) >= 11 is 0. The first kappa shape index (κ1) is 17.4. The summed E-state index contributed by atoms with van der Waals surface area (Å²) in [5.41, 5.74) is 5.12. The van der Waals surface area contributed by atoms with Crippen molar-refractivity contribution in [2.75, 3.05) is 11.9 Å². The van der Waals surface area contributed by atoms with Crippen LogP contribution >= 0.6 is 0 Å². The number of aliphatic hydroxyl groups is 1. The highest BCUT2D eigenvalue weighted by atomic mass is 19.1. The second-order valence-electron chi connectivity index (χ2n) is 4.93. The molecule has 2 rings (SSSR count). The molecule has 0 aliphatic rings. The van der Waals surface area contributed by atoms with Gasteiger partial charge >= 0.3 is 6.03 Å². The van der Waals surface area contributed by atoms with Gasteiger partial charge in [-0.05, 0) is 30.3 Å². The molecule has 0 radical (unpaired) electrons. The van der Waals surface area contributed by atoms with Crippen molar-refractivity contribution in [1.29, 1.82) is 0 Å². The summed E-state index contributed by atoms with van der Waals surface area (Å²) < 4.78 is 27.0. The Morgan fingerprint density at radius 3 is 2.38 bits per heavy atom. The SMILES string of the molecule is NC(=O)c1cccc(NC(=O)NCC(O)c2c(F)cccc2F)c1. The molecule has 5 N–H and O–H groups in total. The molecule has 1 unspecified atom stereocenters. The summed E-state index contributed by atoms with van der Waals surface area (Å²) in [6, 6.07) is 8.39. The number of aliphatic hydroxyl groups excluding tert-OH is 1. The summed E-state index contributed by atoms with van der Waals surface area (Å²) in [5.74, 6) is -2.46. The van der Waals surface area contributed by atoms with Crippen molar-refractivity contribution < 1.29 is 23.5 Å². The molecule has 3 amide bonds. The predicted molar refractivity (Wildman–Crippen MR) is 83.3 cm³/mol. The second-order valence-corrected chi connectivity index (χ2v) is 4.93. The third-order valence-electron chi connectivity index (χ3n) is 3.19. The van der Waals surface area contributed by atoms with Crippen LogP contribution in [0.1, 0.15) is 22.0 Å². The van der Waals surface area contributed by atoms with Gasteiger partial charge in [-0.2, -0.15) is 0 Å². The minimum atomic E-state index is -1.55. The molecule has 6 nitrogen and oxygen atoms in total. The van der Waals surface area contributed by atoms with E-state index in [1.165, 1.54) is 30.3 Å². The number of halogens is 2. The van der Waals surface area contributed by atoms with Crippen molar-refractivity contribution in [3.8, 4) is 0 Å². The topological polar surface area (TPSA) is 104 Å². The van der Waals surface area contributed by atoms with E-state index in [0.29, 0.717) is 5.69 Å². The number of primary amides is 1. The summed E-state index contributed by atoms with van der Waals surface area (Å²) in [6.45, 7) is -0.404.